The molecule has 0 heterocycles. The number of rotatable bonds is 6. The zero-order chi connectivity index (χ0) is 18.9. The summed E-state index contributed by atoms with van der Waals surface area (Å²) in [6.45, 7) is 1.58. The summed E-state index contributed by atoms with van der Waals surface area (Å²) in [4.78, 5) is 12.4. The lowest BCUT2D eigenvalue weighted by atomic mass is 10.1. The fourth-order valence-corrected chi connectivity index (χ4v) is 3.79. The van der Waals surface area contributed by atoms with E-state index in [4.69, 9.17) is 0 Å². The topological polar surface area (TPSA) is 75.3 Å². The Bertz CT molecular complexity index is 926. The molecule has 2 aromatic carbocycles. The van der Waals surface area contributed by atoms with Crippen LogP contribution in [0.3, 0.4) is 0 Å². The highest BCUT2D eigenvalue weighted by Crippen LogP contribution is 2.22. The standard InChI is InChI=1S/C18H18F2N2O3S/c1-11(16-9-4-13(19)10-17(16)20)21-18(23)12-2-7-15(8-3-12)26(24,25)22-14-5-6-14/h2-4,7-11,14,22H,5-6H2,1H3,(H,21,23)/t11-/m0/s1. The molecule has 1 fully saturated rings. The molecule has 138 valence electrons. The molecule has 1 aliphatic rings. The van der Waals surface area contributed by atoms with Gasteiger partial charge in [0.2, 0.25) is 10.0 Å². The Morgan fingerprint density at radius 3 is 2.35 bits per heavy atom. The second-order valence-corrected chi connectivity index (χ2v) is 7.99. The normalized spacial score (nSPS) is 15.5. The molecule has 1 atom stereocenters. The van der Waals surface area contributed by atoms with Crippen molar-refractivity contribution in [2.45, 2.75) is 36.7 Å². The Hall–Kier alpha value is -2.32. The summed E-state index contributed by atoms with van der Waals surface area (Å²) >= 11 is 0. The molecule has 1 amide bonds. The number of carbonyl (C=O) groups excluding carboxylic acids is 1. The summed E-state index contributed by atoms with van der Waals surface area (Å²) < 4.78 is 53.5. The predicted molar refractivity (Wildman–Crippen MR) is 92.0 cm³/mol. The molecule has 2 aromatic rings. The maximum absolute atomic E-state index is 13.8. The van der Waals surface area contributed by atoms with Crippen LogP contribution in [0.2, 0.25) is 0 Å². The summed E-state index contributed by atoms with van der Waals surface area (Å²) in [6.07, 6.45) is 1.66. The van der Waals surface area contributed by atoms with Crippen LogP contribution in [0.25, 0.3) is 0 Å². The molecule has 3 rings (SSSR count). The Kier molecular flexibility index (Phi) is 5.06. The minimum absolute atomic E-state index is 0.00516. The second-order valence-electron chi connectivity index (χ2n) is 6.28. The lowest BCUT2D eigenvalue weighted by Crippen LogP contribution is -2.28. The number of amides is 1. The Labute approximate surface area is 150 Å². The molecule has 0 aromatic heterocycles. The zero-order valence-electron chi connectivity index (χ0n) is 14.0. The zero-order valence-corrected chi connectivity index (χ0v) is 14.8. The Morgan fingerprint density at radius 1 is 1.12 bits per heavy atom. The highest BCUT2D eigenvalue weighted by Gasteiger charge is 2.28. The first-order chi connectivity index (χ1) is 12.3. The van der Waals surface area contributed by atoms with Crippen molar-refractivity contribution in [2.75, 3.05) is 0 Å². The summed E-state index contributed by atoms with van der Waals surface area (Å²) in [7, 11) is -3.58. The number of sulfonamides is 1. The van der Waals surface area contributed by atoms with E-state index in [-0.39, 0.29) is 22.1 Å². The summed E-state index contributed by atoms with van der Waals surface area (Å²) in [6, 6.07) is 7.95. The highest BCUT2D eigenvalue weighted by atomic mass is 32.2. The quantitative estimate of drug-likeness (QED) is 0.809. The Morgan fingerprint density at radius 2 is 1.77 bits per heavy atom. The van der Waals surface area contributed by atoms with Crippen molar-refractivity contribution in [3.63, 3.8) is 0 Å². The van der Waals surface area contributed by atoms with Gasteiger partial charge in [0.25, 0.3) is 5.91 Å². The van der Waals surface area contributed by atoms with Crippen molar-refractivity contribution < 1.29 is 22.0 Å². The monoisotopic (exact) mass is 380 g/mol. The largest absolute Gasteiger partial charge is 0.345 e. The number of carbonyl (C=O) groups is 1. The number of halogens is 2. The van der Waals surface area contributed by atoms with Gasteiger partial charge in [-0.15, -0.1) is 0 Å². The molecular formula is C18H18F2N2O3S. The number of hydrogen-bond donors (Lipinski definition) is 2. The SMILES string of the molecule is C[C@H](NC(=O)c1ccc(S(=O)(=O)NC2CC2)cc1)c1ccc(F)cc1F. The molecule has 5 nitrogen and oxygen atoms in total. The van der Waals surface area contributed by atoms with E-state index >= 15 is 0 Å². The lowest BCUT2D eigenvalue weighted by Gasteiger charge is -2.15. The van der Waals surface area contributed by atoms with Crippen molar-refractivity contribution in [1.82, 2.24) is 10.0 Å². The van der Waals surface area contributed by atoms with E-state index in [0.29, 0.717) is 0 Å². The molecule has 26 heavy (non-hydrogen) atoms. The van der Waals surface area contributed by atoms with Crippen molar-refractivity contribution in [3.8, 4) is 0 Å². The van der Waals surface area contributed by atoms with E-state index < -0.39 is 33.6 Å². The first kappa shape index (κ1) is 18.5. The Balaban J connectivity index is 1.69. The van der Waals surface area contributed by atoms with Crippen molar-refractivity contribution in [1.29, 1.82) is 0 Å². The molecular weight excluding hydrogens is 362 g/mol. The second kappa shape index (κ2) is 7.13. The summed E-state index contributed by atoms with van der Waals surface area (Å²) in [5.41, 5.74) is 0.400. The molecule has 0 bridgehead atoms. The van der Waals surface area contributed by atoms with Gasteiger partial charge in [0, 0.05) is 23.2 Å². The fourth-order valence-electron chi connectivity index (χ4n) is 2.48. The van der Waals surface area contributed by atoms with Gasteiger partial charge in [-0.25, -0.2) is 21.9 Å². The lowest BCUT2D eigenvalue weighted by molar-refractivity contribution is 0.0939. The van der Waals surface area contributed by atoms with Gasteiger partial charge in [-0.2, -0.15) is 0 Å². The van der Waals surface area contributed by atoms with Crippen LogP contribution < -0.4 is 10.0 Å². The first-order valence-electron chi connectivity index (χ1n) is 8.14. The van der Waals surface area contributed by atoms with E-state index in [2.05, 4.69) is 10.0 Å². The van der Waals surface area contributed by atoms with Gasteiger partial charge in [0.05, 0.1) is 10.9 Å². The minimum atomic E-state index is -3.58. The highest BCUT2D eigenvalue weighted by molar-refractivity contribution is 7.89. The van der Waals surface area contributed by atoms with Gasteiger partial charge in [0.1, 0.15) is 11.6 Å². The van der Waals surface area contributed by atoms with Gasteiger partial charge in [-0.3, -0.25) is 4.79 Å². The van der Waals surface area contributed by atoms with Crippen LogP contribution >= 0.6 is 0 Å². The average Bonchev–Trinajstić information content (AvgIpc) is 3.38. The van der Waals surface area contributed by atoms with Crippen LogP contribution in [0.4, 0.5) is 8.78 Å². The molecule has 1 aliphatic carbocycles. The average molecular weight is 380 g/mol. The molecule has 0 saturated heterocycles. The first-order valence-corrected chi connectivity index (χ1v) is 9.63. The minimum Gasteiger partial charge on any atom is -0.345 e. The van der Waals surface area contributed by atoms with Crippen molar-refractivity contribution >= 4 is 15.9 Å². The molecule has 8 heteroatoms. The molecule has 0 aliphatic heterocycles. The van der Waals surface area contributed by atoms with Crippen LogP contribution in [-0.2, 0) is 10.0 Å². The van der Waals surface area contributed by atoms with Crippen LogP contribution in [0.15, 0.2) is 47.4 Å². The van der Waals surface area contributed by atoms with E-state index in [0.717, 1.165) is 25.0 Å². The number of benzene rings is 2. The maximum atomic E-state index is 13.8. The van der Waals surface area contributed by atoms with Gasteiger partial charge in [0.15, 0.2) is 0 Å². The van der Waals surface area contributed by atoms with Crippen LogP contribution in [0, 0.1) is 11.6 Å². The van der Waals surface area contributed by atoms with Gasteiger partial charge >= 0.3 is 0 Å². The molecule has 2 N–H and O–H groups in total. The predicted octanol–water partition coefficient (Wildman–Crippen LogP) is 2.90. The van der Waals surface area contributed by atoms with Crippen molar-refractivity contribution in [2.24, 2.45) is 0 Å². The third-order valence-electron chi connectivity index (χ3n) is 4.10. The van der Waals surface area contributed by atoms with Crippen molar-refractivity contribution in [3.05, 3.63) is 65.2 Å². The molecule has 0 spiro atoms. The fraction of sp³-hybridized carbons (Fsp3) is 0.278. The van der Waals surface area contributed by atoms with Gasteiger partial charge < -0.3 is 5.32 Å². The summed E-state index contributed by atoms with van der Waals surface area (Å²) in [5, 5.41) is 2.61. The number of nitrogens with one attached hydrogen (secondary N) is 2. The molecule has 0 radical (unpaired) electrons. The van der Waals surface area contributed by atoms with Crippen LogP contribution in [0.1, 0.15) is 41.7 Å². The van der Waals surface area contributed by atoms with Gasteiger partial charge in [-0.05, 0) is 50.1 Å². The smallest absolute Gasteiger partial charge is 0.251 e. The van der Waals surface area contributed by atoms with Crippen LogP contribution in [-0.4, -0.2) is 20.4 Å². The van der Waals surface area contributed by atoms with E-state index in [1.807, 2.05) is 0 Å². The maximum Gasteiger partial charge on any atom is 0.251 e. The number of hydrogen-bond acceptors (Lipinski definition) is 3. The van der Waals surface area contributed by atoms with Crippen LogP contribution in [0.5, 0.6) is 0 Å². The van der Waals surface area contributed by atoms with E-state index in [1.54, 1.807) is 6.92 Å². The van der Waals surface area contributed by atoms with E-state index in [1.165, 1.54) is 30.3 Å². The third-order valence-corrected chi connectivity index (χ3v) is 5.64. The van der Waals surface area contributed by atoms with E-state index in [9.17, 15) is 22.0 Å². The molecule has 0 unspecified atom stereocenters. The molecule has 1 saturated carbocycles. The third kappa shape index (κ3) is 4.25. The van der Waals surface area contributed by atoms with Gasteiger partial charge in [-0.1, -0.05) is 6.07 Å². The summed E-state index contributed by atoms with van der Waals surface area (Å²) in [5.74, 6) is -1.92.